The molecule has 0 bridgehead atoms. The van der Waals surface area contributed by atoms with Crippen LogP contribution >= 0.6 is 0 Å². The van der Waals surface area contributed by atoms with Gasteiger partial charge in [-0.1, -0.05) is 19.1 Å². The summed E-state index contributed by atoms with van der Waals surface area (Å²) in [6.07, 6.45) is -0.0456. The molecular formula is C20H27F3N2O4. The molecule has 2 aliphatic heterocycles. The second kappa shape index (κ2) is 9.47. The number of likely N-dealkylation sites (tertiary alicyclic amines) is 1. The Hall–Kier alpha value is -2.29. The zero-order valence-electron chi connectivity index (χ0n) is 16.6. The summed E-state index contributed by atoms with van der Waals surface area (Å²) >= 11 is 0. The molecule has 1 aromatic rings. The van der Waals surface area contributed by atoms with Crippen LogP contribution in [0.1, 0.15) is 44.6 Å². The van der Waals surface area contributed by atoms with E-state index in [1.54, 1.807) is 7.11 Å². The Balaban J connectivity index is 0.000000370. The van der Waals surface area contributed by atoms with Crippen LogP contribution in [0, 0.1) is 0 Å². The minimum Gasteiger partial charge on any atom is -0.497 e. The van der Waals surface area contributed by atoms with Gasteiger partial charge in [0, 0.05) is 19.0 Å². The number of hydrogen-bond acceptors (Lipinski definition) is 4. The maximum atomic E-state index is 11.8. The number of hydrogen-bond donors (Lipinski definition) is 2. The zero-order chi connectivity index (χ0) is 21.7. The molecule has 1 aromatic carbocycles. The normalized spacial score (nSPS) is 24.6. The van der Waals surface area contributed by atoms with Gasteiger partial charge in [0.25, 0.3) is 0 Å². The van der Waals surface area contributed by atoms with Crippen molar-refractivity contribution < 1.29 is 32.6 Å². The van der Waals surface area contributed by atoms with E-state index in [-0.39, 0.29) is 11.4 Å². The first-order chi connectivity index (χ1) is 13.6. The average Bonchev–Trinajstić information content (AvgIpc) is 3.03. The number of halogens is 3. The van der Waals surface area contributed by atoms with E-state index in [4.69, 9.17) is 14.6 Å². The molecule has 0 saturated carbocycles. The number of alkyl halides is 3. The first-order valence-electron chi connectivity index (χ1n) is 9.59. The average molecular weight is 416 g/mol. The van der Waals surface area contributed by atoms with Crippen molar-refractivity contribution in [1.29, 1.82) is 0 Å². The largest absolute Gasteiger partial charge is 0.497 e. The Morgan fingerprint density at radius 1 is 1.31 bits per heavy atom. The van der Waals surface area contributed by atoms with Crippen molar-refractivity contribution in [3.63, 3.8) is 0 Å². The molecule has 2 aliphatic rings. The van der Waals surface area contributed by atoms with Crippen molar-refractivity contribution in [2.45, 2.75) is 63.3 Å². The van der Waals surface area contributed by atoms with Crippen molar-refractivity contribution >= 4 is 11.9 Å². The summed E-state index contributed by atoms with van der Waals surface area (Å²) in [5.41, 5.74) is 1.32. The van der Waals surface area contributed by atoms with Crippen molar-refractivity contribution in [3.05, 3.63) is 29.8 Å². The van der Waals surface area contributed by atoms with Crippen LogP contribution in [0.15, 0.2) is 24.3 Å². The first-order valence-corrected chi connectivity index (χ1v) is 9.59. The number of amides is 1. The second-order valence-corrected chi connectivity index (χ2v) is 7.35. The van der Waals surface area contributed by atoms with Crippen LogP contribution in [0.4, 0.5) is 13.2 Å². The highest BCUT2D eigenvalue weighted by molar-refractivity contribution is 5.79. The number of aliphatic carboxylic acids is 1. The quantitative estimate of drug-likeness (QED) is 0.787. The number of ether oxygens (including phenoxy) is 1. The fourth-order valence-corrected chi connectivity index (χ4v) is 4.25. The molecule has 9 heteroatoms. The van der Waals surface area contributed by atoms with Gasteiger partial charge in [0.2, 0.25) is 5.91 Å². The minimum atomic E-state index is -5.08. The molecule has 2 heterocycles. The van der Waals surface area contributed by atoms with E-state index >= 15 is 0 Å². The van der Waals surface area contributed by atoms with Crippen LogP contribution < -0.4 is 10.1 Å². The molecule has 2 atom stereocenters. The van der Waals surface area contributed by atoms with Gasteiger partial charge in [-0.15, -0.1) is 0 Å². The molecular weight excluding hydrogens is 389 g/mol. The highest BCUT2D eigenvalue weighted by Gasteiger charge is 2.47. The predicted octanol–water partition coefficient (Wildman–Crippen LogP) is 3.35. The summed E-state index contributed by atoms with van der Waals surface area (Å²) in [6.45, 7) is 4.30. The monoisotopic (exact) mass is 416 g/mol. The van der Waals surface area contributed by atoms with E-state index < -0.39 is 12.1 Å². The number of carboxylic acids is 1. The van der Waals surface area contributed by atoms with E-state index in [1.807, 2.05) is 12.1 Å². The van der Waals surface area contributed by atoms with Crippen LogP contribution in [0.3, 0.4) is 0 Å². The predicted molar refractivity (Wildman–Crippen MR) is 101 cm³/mol. The summed E-state index contributed by atoms with van der Waals surface area (Å²) in [6, 6.07) is 8.76. The van der Waals surface area contributed by atoms with Gasteiger partial charge in [-0.2, -0.15) is 13.2 Å². The molecule has 0 aromatic heterocycles. The van der Waals surface area contributed by atoms with Crippen molar-refractivity contribution in [2.75, 3.05) is 13.7 Å². The summed E-state index contributed by atoms with van der Waals surface area (Å²) in [4.78, 5) is 23.2. The third-order valence-electron chi connectivity index (χ3n) is 5.51. The van der Waals surface area contributed by atoms with E-state index in [2.05, 4.69) is 29.3 Å². The smallest absolute Gasteiger partial charge is 0.490 e. The maximum Gasteiger partial charge on any atom is 0.490 e. The molecule has 162 valence electrons. The minimum absolute atomic E-state index is 0.0105. The van der Waals surface area contributed by atoms with Crippen LogP contribution in [0.5, 0.6) is 5.75 Å². The lowest BCUT2D eigenvalue weighted by molar-refractivity contribution is -0.192. The van der Waals surface area contributed by atoms with Gasteiger partial charge in [-0.25, -0.2) is 4.79 Å². The van der Waals surface area contributed by atoms with Gasteiger partial charge >= 0.3 is 12.1 Å². The Morgan fingerprint density at radius 3 is 2.38 bits per heavy atom. The molecule has 2 N–H and O–H groups in total. The second-order valence-electron chi connectivity index (χ2n) is 7.35. The third-order valence-corrected chi connectivity index (χ3v) is 5.51. The van der Waals surface area contributed by atoms with Crippen LogP contribution in [-0.2, 0) is 16.1 Å². The van der Waals surface area contributed by atoms with E-state index in [0.717, 1.165) is 44.5 Å². The molecule has 2 saturated heterocycles. The van der Waals surface area contributed by atoms with Crippen molar-refractivity contribution in [2.24, 2.45) is 0 Å². The molecule has 0 aliphatic carbocycles. The summed E-state index contributed by atoms with van der Waals surface area (Å²) < 4.78 is 37.0. The standard InChI is InChI=1S/C18H26N2O2.C2HF3O2/c1-3-16-18(11-9-17(21)19-18)10-4-12-20(16)13-14-5-7-15(22-2)8-6-14;3-2(4,5)1(6)7/h5-8,16H,3-4,9-13H2,1-2H3,(H,19,21);(H,6,7)/t16-,18+;/m0./s1. The van der Waals surface area contributed by atoms with Gasteiger partial charge in [0.15, 0.2) is 0 Å². The van der Waals surface area contributed by atoms with Gasteiger partial charge in [0.1, 0.15) is 5.75 Å². The highest BCUT2D eigenvalue weighted by Crippen LogP contribution is 2.37. The number of piperidine rings is 1. The lowest BCUT2D eigenvalue weighted by Crippen LogP contribution is -2.61. The fourth-order valence-electron chi connectivity index (χ4n) is 4.25. The summed E-state index contributed by atoms with van der Waals surface area (Å²) in [5, 5.41) is 10.4. The number of carbonyl (C=O) groups excluding carboxylic acids is 1. The van der Waals surface area contributed by atoms with Crippen molar-refractivity contribution in [3.8, 4) is 5.75 Å². The molecule has 2 fully saturated rings. The Morgan fingerprint density at radius 2 is 1.93 bits per heavy atom. The molecule has 29 heavy (non-hydrogen) atoms. The van der Waals surface area contributed by atoms with E-state index in [9.17, 15) is 18.0 Å². The number of methoxy groups -OCH3 is 1. The van der Waals surface area contributed by atoms with E-state index in [0.29, 0.717) is 12.5 Å². The van der Waals surface area contributed by atoms with Gasteiger partial charge in [0.05, 0.1) is 12.6 Å². The van der Waals surface area contributed by atoms with E-state index in [1.165, 1.54) is 5.56 Å². The number of benzene rings is 1. The summed E-state index contributed by atoms with van der Waals surface area (Å²) in [7, 11) is 1.69. The third kappa shape index (κ3) is 5.85. The van der Waals surface area contributed by atoms with Gasteiger partial charge in [-0.05, 0) is 49.9 Å². The van der Waals surface area contributed by atoms with Crippen LogP contribution in [-0.4, -0.2) is 53.3 Å². The van der Waals surface area contributed by atoms with Crippen molar-refractivity contribution in [1.82, 2.24) is 10.2 Å². The lowest BCUT2D eigenvalue weighted by atomic mass is 9.78. The Kier molecular flexibility index (Phi) is 7.51. The summed E-state index contributed by atoms with van der Waals surface area (Å²) in [5.74, 6) is -1.63. The molecule has 0 radical (unpaired) electrons. The number of rotatable bonds is 4. The van der Waals surface area contributed by atoms with Crippen LogP contribution in [0.2, 0.25) is 0 Å². The lowest BCUT2D eigenvalue weighted by Gasteiger charge is -2.48. The number of carbonyl (C=O) groups is 2. The molecule has 3 rings (SSSR count). The topological polar surface area (TPSA) is 78.9 Å². The number of nitrogens with one attached hydrogen (secondary N) is 1. The Labute approximate surface area is 168 Å². The number of nitrogens with zero attached hydrogens (tertiary/aromatic N) is 1. The van der Waals surface area contributed by atoms with Gasteiger partial charge in [-0.3, -0.25) is 9.69 Å². The van der Waals surface area contributed by atoms with Crippen LogP contribution in [0.25, 0.3) is 0 Å². The molecule has 1 amide bonds. The zero-order valence-corrected chi connectivity index (χ0v) is 16.6. The number of carboxylic acid groups (broad SMARTS) is 1. The SMILES string of the molecule is CC[C@@H]1N(Cc2ccc(OC)cc2)CCC[C@@]12CCC(=O)N2.O=C(O)C(F)(F)F. The fraction of sp³-hybridized carbons (Fsp3) is 0.600. The maximum absolute atomic E-state index is 11.8. The van der Waals surface area contributed by atoms with Gasteiger partial charge < -0.3 is 15.2 Å². The molecule has 6 nitrogen and oxygen atoms in total. The molecule has 0 unspecified atom stereocenters. The Bertz CT molecular complexity index is 709. The first kappa shape index (κ1) is 23.0. The highest BCUT2D eigenvalue weighted by atomic mass is 19.4. The molecule has 1 spiro atoms.